The Hall–Kier alpha value is -1.51. The van der Waals surface area contributed by atoms with E-state index in [0.29, 0.717) is 0 Å². The lowest BCUT2D eigenvalue weighted by atomic mass is 9.87. The van der Waals surface area contributed by atoms with Gasteiger partial charge in [0.25, 0.3) is 0 Å². The number of fused-ring (bicyclic) bond motifs is 1. The number of hydrogen-bond donors (Lipinski definition) is 1. The van der Waals surface area contributed by atoms with Crippen LogP contribution < -0.4 is 0 Å². The standard InChI is InChI=1S/C17H18ClNO/c1-19-10-9-13-7-8-15(20)11-16(13)17(18,12-19)14-5-3-2-4-6-14/h2-8,11,20H,9-10,12H2,1H3/t17-/m1/s1. The van der Waals surface area contributed by atoms with Crippen LogP contribution in [0.4, 0.5) is 0 Å². The van der Waals surface area contributed by atoms with Crippen molar-refractivity contribution in [3.05, 3.63) is 65.2 Å². The Labute approximate surface area is 124 Å². The first kappa shape index (κ1) is 13.5. The fourth-order valence-corrected chi connectivity index (χ4v) is 3.45. The van der Waals surface area contributed by atoms with Gasteiger partial charge < -0.3 is 10.0 Å². The van der Waals surface area contributed by atoms with E-state index in [0.717, 1.165) is 30.6 Å². The molecular weight excluding hydrogens is 270 g/mol. The second-order valence-corrected chi connectivity index (χ2v) is 6.14. The third kappa shape index (κ3) is 2.30. The van der Waals surface area contributed by atoms with Crippen LogP contribution >= 0.6 is 11.6 Å². The molecule has 0 saturated carbocycles. The molecule has 0 aromatic heterocycles. The Kier molecular flexibility index (Phi) is 3.45. The minimum Gasteiger partial charge on any atom is -0.508 e. The molecule has 3 rings (SSSR count). The monoisotopic (exact) mass is 287 g/mol. The molecule has 1 N–H and O–H groups in total. The maximum absolute atomic E-state index is 9.85. The zero-order chi connectivity index (χ0) is 14.2. The molecule has 2 aromatic rings. The van der Waals surface area contributed by atoms with Gasteiger partial charge in [-0.05, 0) is 42.3 Å². The van der Waals surface area contributed by atoms with Crippen molar-refractivity contribution in [1.82, 2.24) is 4.90 Å². The van der Waals surface area contributed by atoms with Crippen LogP contribution in [-0.2, 0) is 11.3 Å². The van der Waals surface area contributed by atoms with Crippen molar-refractivity contribution in [2.45, 2.75) is 11.3 Å². The summed E-state index contributed by atoms with van der Waals surface area (Å²) in [6, 6.07) is 15.7. The van der Waals surface area contributed by atoms with Gasteiger partial charge in [-0.15, -0.1) is 11.6 Å². The van der Waals surface area contributed by atoms with Crippen molar-refractivity contribution in [1.29, 1.82) is 0 Å². The van der Waals surface area contributed by atoms with Gasteiger partial charge >= 0.3 is 0 Å². The van der Waals surface area contributed by atoms with Crippen molar-refractivity contribution in [3.63, 3.8) is 0 Å². The van der Waals surface area contributed by atoms with Crippen LogP contribution in [-0.4, -0.2) is 30.1 Å². The van der Waals surface area contributed by atoms with E-state index in [2.05, 4.69) is 24.1 Å². The summed E-state index contributed by atoms with van der Waals surface area (Å²) in [5, 5.41) is 9.85. The highest BCUT2D eigenvalue weighted by Crippen LogP contribution is 2.42. The highest BCUT2D eigenvalue weighted by atomic mass is 35.5. The Morgan fingerprint density at radius 2 is 1.90 bits per heavy atom. The molecule has 0 fully saturated rings. The van der Waals surface area contributed by atoms with Crippen LogP contribution in [0.5, 0.6) is 5.75 Å². The molecule has 1 aliphatic rings. The number of rotatable bonds is 1. The minimum absolute atomic E-state index is 0.272. The Morgan fingerprint density at radius 1 is 1.15 bits per heavy atom. The number of hydrogen-bond acceptors (Lipinski definition) is 2. The van der Waals surface area contributed by atoms with Crippen molar-refractivity contribution < 1.29 is 5.11 Å². The quantitative estimate of drug-likeness (QED) is 0.813. The number of nitrogens with zero attached hydrogens (tertiary/aromatic N) is 1. The lowest BCUT2D eigenvalue weighted by Gasteiger charge is -2.31. The first-order valence-corrected chi connectivity index (χ1v) is 7.23. The lowest BCUT2D eigenvalue weighted by molar-refractivity contribution is 0.324. The number of aromatic hydroxyl groups is 1. The maximum Gasteiger partial charge on any atom is 0.115 e. The normalized spacial score (nSPS) is 23.1. The van der Waals surface area contributed by atoms with E-state index in [1.165, 1.54) is 5.56 Å². The van der Waals surface area contributed by atoms with Gasteiger partial charge in [0.2, 0.25) is 0 Å². The summed E-state index contributed by atoms with van der Waals surface area (Å²) in [5.74, 6) is 0.272. The van der Waals surface area contributed by atoms with Crippen LogP contribution in [0.15, 0.2) is 48.5 Å². The van der Waals surface area contributed by atoms with Crippen LogP contribution in [0.25, 0.3) is 0 Å². The third-order valence-electron chi connectivity index (χ3n) is 4.00. The summed E-state index contributed by atoms with van der Waals surface area (Å²) < 4.78 is 0. The number of phenols is 1. The second-order valence-electron chi connectivity index (χ2n) is 5.50. The van der Waals surface area contributed by atoms with Crippen molar-refractivity contribution >= 4 is 11.6 Å². The van der Waals surface area contributed by atoms with Crippen LogP contribution in [0.1, 0.15) is 16.7 Å². The molecule has 104 valence electrons. The molecule has 0 saturated heterocycles. The van der Waals surface area contributed by atoms with Crippen molar-refractivity contribution in [2.75, 3.05) is 20.1 Å². The van der Waals surface area contributed by atoms with Gasteiger partial charge in [-0.1, -0.05) is 36.4 Å². The van der Waals surface area contributed by atoms with Gasteiger partial charge in [-0.3, -0.25) is 0 Å². The number of benzene rings is 2. The first-order valence-electron chi connectivity index (χ1n) is 6.85. The molecule has 2 aromatic carbocycles. The summed E-state index contributed by atoms with van der Waals surface area (Å²) in [6.07, 6.45) is 0.952. The van der Waals surface area contributed by atoms with Crippen molar-refractivity contribution in [3.8, 4) is 5.75 Å². The third-order valence-corrected chi connectivity index (χ3v) is 4.54. The fraction of sp³-hybridized carbons (Fsp3) is 0.294. The highest BCUT2D eigenvalue weighted by Gasteiger charge is 2.37. The summed E-state index contributed by atoms with van der Waals surface area (Å²) >= 11 is 7.05. The van der Waals surface area contributed by atoms with E-state index in [1.807, 2.05) is 30.3 Å². The molecule has 1 atom stereocenters. The van der Waals surface area contributed by atoms with E-state index in [1.54, 1.807) is 6.07 Å². The Balaban J connectivity index is 2.20. The van der Waals surface area contributed by atoms with Gasteiger partial charge in [0.1, 0.15) is 10.6 Å². The topological polar surface area (TPSA) is 23.5 Å². The van der Waals surface area contributed by atoms with Gasteiger partial charge in [-0.25, -0.2) is 0 Å². The van der Waals surface area contributed by atoms with E-state index < -0.39 is 4.87 Å². The van der Waals surface area contributed by atoms with Gasteiger partial charge in [0.05, 0.1) is 0 Å². The molecule has 0 aliphatic carbocycles. The summed E-state index contributed by atoms with van der Waals surface area (Å²) in [5.41, 5.74) is 3.31. The van der Waals surface area contributed by atoms with Gasteiger partial charge in [0, 0.05) is 13.1 Å². The van der Waals surface area contributed by atoms with E-state index >= 15 is 0 Å². The second kappa shape index (κ2) is 5.12. The predicted molar refractivity (Wildman–Crippen MR) is 82.4 cm³/mol. The van der Waals surface area contributed by atoms with Crippen LogP contribution in [0.3, 0.4) is 0 Å². The number of alkyl halides is 1. The fourth-order valence-electron chi connectivity index (χ4n) is 2.95. The molecule has 1 heterocycles. The van der Waals surface area contributed by atoms with Crippen LogP contribution in [0, 0.1) is 0 Å². The largest absolute Gasteiger partial charge is 0.508 e. The van der Waals surface area contributed by atoms with Gasteiger partial charge in [0.15, 0.2) is 0 Å². The molecule has 0 amide bonds. The molecule has 20 heavy (non-hydrogen) atoms. The van der Waals surface area contributed by atoms with E-state index in [-0.39, 0.29) is 5.75 Å². The smallest absolute Gasteiger partial charge is 0.115 e. The molecular formula is C17H18ClNO. The summed E-state index contributed by atoms with van der Waals surface area (Å²) in [7, 11) is 2.09. The summed E-state index contributed by atoms with van der Waals surface area (Å²) in [4.78, 5) is 1.64. The van der Waals surface area contributed by atoms with E-state index in [4.69, 9.17) is 11.6 Å². The average molecular weight is 288 g/mol. The lowest BCUT2D eigenvalue weighted by Crippen LogP contribution is -2.34. The van der Waals surface area contributed by atoms with E-state index in [9.17, 15) is 5.11 Å². The molecule has 0 bridgehead atoms. The van der Waals surface area contributed by atoms with Gasteiger partial charge in [-0.2, -0.15) is 0 Å². The zero-order valence-electron chi connectivity index (χ0n) is 11.5. The average Bonchev–Trinajstić information content (AvgIpc) is 2.58. The SMILES string of the molecule is CN1CCc2ccc(O)cc2[C@](Cl)(c2ccccc2)C1. The minimum atomic E-state index is -0.611. The molecule has 1 aliphatic heterocycles. The first-order chi connectivity index (χ1) is 9.59. The maximum atomic E-state index is 9.85. The number of phenolic OH excluding ortho intramolecular Hbond substituents is 1. The molecule has 0 spiro atoms. The van der Waals surface area contributed by atoms with Crippen molar-refractivity contribution in [2.24, 2.45) is 0 Å². The highest BCUT2D eigenvalue weighted by molar-refractivity contribution is 6.26. The number of halogens is 1. The zero-order valence-corrected chi connectivity index (χ0v) is 12.3. The molecule has 3 heteroatoms. The molecule has 0 radical (unpaired) electrons. The predicted octanol–water partition coefficient (Wildman–Crippen LogP) is 3.36. The Morgan fingerprint density at radius 3 is 2.65 bits per heavy atom. The number of likely N-dealkylation sites (N-methyl/N-ethyl adjacent to an activating group) is 1. The molecule has 0 unspecified atom stereocenters. The Bertz CT molecular complexity index is 614. The summed E-state index contributed by atoms with van der Waals surface area (Å²) in [6.45, 7) is 1.70. The van der Waals surface area contributed by atoms with Crippen LogP contribution in [0.2, 0.25) is 0 Å². The molecule has 2 nitrogen and oxygen atoms in total.